The fourth-order valence-corrected chi connectivity index (χ4v) is 5.13. The second kappa shape index (κ2) is 14.8. The molecule has 8 aromatic heterocycles. The summed E-state index contributed by atoms with van der Waals surface area (Å²) in [5.74, 6) is 3.42. The van der Waals surface area contributed by atoms with E-state index in [1.165, 1.54) is 0 Å². The molecule has 0 bridgehead atoms. The average Bonchev–Trinajstić information content (AvgIpc) is 3.93. The zero-order valence-corrected chi connectivity index (χ0v) is 31.6. The van der Waals surface area contributed by atoms with Crippen molar-refractivity contribution in [2.45, 2.75) is 52.4 Å². The summed E-state index contributed by atoms with van der Waals surface area (Å²) in [6, 6.07) is 15.0. The van der Waals surface area contributed by atoms with E-state index < -0.39 is 0 Å². The number of anilines is 3. The maximum Gasteiger partial charge on any atom is 0.175 e. The Morgan fingerprint density at radius 1 is 0.604 bits per heavy atom. The summed E-state index contributed by atoms with van der Waals surface area (Å²) in [5, 5.41) is 19.7. The molecule has 0 fully saturated rings. The lowest BCUT2D eigenvalue weighted by atomic mass is 9.93. The Labute approximate surface area is 311 Å². The predicted octanol–water partition coefficient (Wildman–Crippen LogP) is 8.30. The van der Waals surface area contributed by atoms with Crippen LogP contribution in [-0.2, 0) is 24.9 Å². The van der Waals surface area contributed by atoms with Gasteiger partial charge in [0.25, 0.3) is 0 Å². The smallest absolute Gasteiger partial charge is 0.175 e. The van der Waals surface area contributed by atoms with E-state index in [4.69, 9.17) is 26.4 Å². The first-order chi connectivity index (χ1) is 25.1. The van der Waals surface area contributed by atoms with E-state index in [0.717, 1.165) is 55.8 Å². The summed E-state index contributed by atoms with van der Waals surface area (Å²) >= 11 is 5.87. The quantitative estimate of drug-likeness (QED) is 0.166. The minimum absolute atomic E-state index is 0.00458. The van der Waals surface area contributed by atoms with Crippen LogP contribution in [0, 0.1) is 0 Å². The van der Waals surface area contributed by atoms with Crippen LogP contribution in [-0.4, -0.2) is 49.8 Å². The van der Waals surface area contributed by atoms with Crippen LogP contribution >= 0.6 is 11.6 Å². The number of nitrogens with two attached hydrogens (primary N) is 1. The monoisotopic (exact) mass is 732 g/mol. The topological polar surface area (TPSA) is 177 Å². The fourth-order valence-electron chi connectivity index (χ4n) is 4.98. The van der Waals surface area contributed by atoms with Crippen molar-refractivity contribution in [2.24, 2.45) is 14.1 Å². The average molecular weight is 733 g/mol. The maximum absolute atomic E-state index is 5.87. The molecule has 0 aliphatic rings. The van der Waals surface area contributed by atoms with Gasteiger partial charge in [0, 0.05) is 84.1 Å². The number of nitrogen functional groups attached to an aromatic ring is 1. The van der Waals surface area contributed by atoms with Crippen LogP contribution in [0.5, 0.6) is 0 Å². The Kier molecular flexibility index (Phi) is 10.3. The van der Waals surface area contributed by atoms with Crippen molar-refractivity contribution in [1.82, 2.24) is 49.8 Å². The molecule has 272 valence electrons. The van der Waals surface area contributed by atoms with Crippen molar-refractivity contribution >= 4 is 51.1 Å². The Balaban J connectivity index is 0.000000152. The highest BCUT2D eigenvalue weighted by molar-refractivity contribution is 6.29. The van der Waals surface area contributed by atoms with E-state index >= 15 is 0 Å². The second-order valence-electron chi connectivity index (χ2n) is 14.5. The zero-order valence-electron chi connectivity index (χ0n) is 30.8. The first kappa shape index (κ1) is 36.6. The third-order valence-electron chi connectivity index (χ3n) is 7.89. The molecule has 0 unspecified atom stereocenters. The number of nitrogens with zero attached hydrogens (tertiary/aromatic N) is 10. The molecule has 8 aromatic rings. The van der Waals surface area contributed by atoms with Gasteiger partial charge in [0.05, 0.1) is 34.5 Å². The number of aromatic nitrogens is 10. The number of hydrogen-bond donors (Lipinski definition) is 2. The molecule has 0 aliphatic carbocycles. The molecule has 53 heavy (non-hydrogen) atoms. The van der Waals surface area contributed by atoms with E-state index in [1.807, 2.05) is 102 Å². The van der Waals surface area contributed by atoms with Crippen LogP contribution in [0.2, 0.25) is 5.15 Å². The van der Waals surface area contributed by atoms with Crippen molar-refractivity contribution in [1.29, 1.82) is 0 Å². The van der Waals surface area contributed by atoms with E-state index in [-0.39, 0.29) is 10.8 Å². The van der Waals surface area contributed by atoms with Gasteiger partial charge in [0.15, 0.2) is 11.6 Å². The molecule has 14 nitrogen and oxygen atoms in total. The molecule has 0 saturated heterocycles. The van der Waals surface area contributed by atoms with Gasteiger partial charge in [-0.25, -0.2) is 9.97 Å². The summed E-state index contributed by atoms with van der Waals surface area (Å²) in [6.45, 7) is 12.4. The van der Waals surface area contributed by atoms with Gasteiger partial charge in [-0.2, -0.15) is 10.2 Å². The zero-order chi connectivity index (χ0) is 37.9. The number of fused-ring (bicyclic) bond motifs is 2. The van der Waals surface area contributed by atoms with Gasteiger partial charge in [-0.3, -0.25) is 19.3 Å². The molecule has 8 rings (SSSR count). The number of hydrogen-bond acceptors (Lipinski definition) is 12. The standard InChI is InChI=1S/C19H20N6O.C12H9ClN4.C7H12N2O/c1-19(2,3)16-8-18(24-26-16)23-17-6-5-14-15(22-17)7-12(9-20-14)13-10-21-25(4)11-13;1-17-7-9(6-15-17)8-4-11-10(14-5-8)2-3-12(13)16-11;1-7(2,3)5-4-6(8)9-10-5/h5-11H,1-4H3,(H,22,23,24);2-7H,1H3;4H,1-3H3,(H2,8,9). The van der Waals surface area contributed by atoms with Crippen molar-refractivity contribution in [3.05, 3.63) is 102 Å². The van der Waals surface area contributed by atoms with E-state index in [2.05, 4.69) is 66.5 Å². The molecular formula is C38H41ClN12O2. The molecule has 3 N–H and O–H groups in total. The summed E-state index contributed by atoms with van der Waals surface area (Å²) in [5.41, 5.74) is 12.5. The number of halogens is 1. The predicted molar refractivity (Wildman–Crippen MR) is 207 cm³/mol. The number of rotatable bonds is 4. The normalized spacial score (nSPS) is 11.6. The van der Waals surface area contributed by atoms with Crippen molar-refractivity contribution in [3.8, 4) is 22.3 Å². The Hall–Kier alpha value is -6.15. The SMILES string of the molecule is CC(C)(C)c1cc(N)no1.Cn1cc(-c2cnc3ccc(Cl)nc3c2)cn1.Cn1cc(-c2cnc3ccc(Nc4cc(C(C)(C)C)on4)nc3c2)cn1. The molecule has 15 heteroatoms. The maximum atomic E-state index is 5.87. The van der Waals surface area contributed by atoms with Crippen LogP contribution in [0.15, 0.2) is 94.8 Å². The molecule has 0 spiro atoms. The van der Waals surface area contributed by atoms with Gasteiger partial charge in [-0.15, -0.1) is 0 Å². The summed E-state index contributed by atoms with van der Waals surface area (Å²) < 4.78 is 13.9. The molecule has 0 aromatic carbocycles. The van der Waals surface area contributed by atoms with Crippen molar-refractivity contribution < 1.29 is 9.05 Å². The van der Waals surface area contributed by atoms with Crippen LogP contribution in [0.25, 0.3) is 44.3 Å². The third kappa shape index (κ3) is 9.21. The number of nitrogens with one attached hydrogen (secondary N) is 1. The van der Waals surface area contributed by atoms with Crippen LogP contribution in [0.1, 0.15) is 53.1 Å². The van der Waals surface area contributed by atoms with Crippen LogP contribution in [0.3, 0.4) is 0 Å². The van der Waals surface area contributed by atoms with E-state index in [1.54, 1.807) is 27.7 Å². The van der Waals surface area contributed by atoms with E-state index in [9.17, 15) is 0 Å². The van der Waals surface area contributed by atoms with Gasteiger partial charge in [-0.1, -0.05) is 63.5 Å². The molecule has 0 saturated carbocycles. The molecule has 0 radical (unpaired) electrons. The summed E-state index contributed by atoms with van der Waals surface area (Å²) in [7, 11) is 3.77. The van der Waals surface area contributed by atoms with Crippen molar-refractivity contribution in [3.63, 3.8) is 0 Å². The molecule has 0 amide bonds. The minimum Gasteiger partial charge on any atom is -0.381 e. The highest BCUT2D eigenvalue weighted by atomic mass is 35.5. The lowest BCUT2D eigenvalue weighted by Gasteiger charge is -2.12. The largest absolute Gasteiger partial charge is 0.381 e. The van der Waals surface area contributed by atoms with Crippen LogP contribution < -0.4 is 11.1 Å². The molecule has 0 atom stereocenters. The number of pyridine rings is 4. The lowest BCUT2D eigenvalue weighted by Crippen LogP contribution is -2.09. The fraction of sp³-hybridized carbons (Fsp3) is 0.263. The van der Waals surface area contributed by atoms with Crippen molar-refractivity contribution in [2.75, 3.05) is 11.1 Å². The second-order valence-corrected chi connectivity index (χ2v) is 14.9. The third-order valence-corrected chi connectivity index (χ3v) is 8.10. The highest BCUT2D eigenvalue weighted by Crippen LogP contribution is 2.28. The summed E-state index contributed by atoms with van der Waals surface area (Å²) in [4.78, 5) is 17.7. The Bertz CT molecular complexity index is 2480. The minimum atomic E-state index is -0.0910. The summed E-state index contributed by atoms with van der Waals surface area (Å²) in [6.07, 6.45) is 11.2. The number of aryl methyl sites for hydroxylation is 2. The van der Waals surface area contributed by atoms with Gasteiger partial charge in [0.2, 0.25) is 0 Å². The van der Waals surface area contributed by atoms with Gasteiger partial charge < -0.3 is 20.1 Å². The lowest BCUT2D eigenvalue weighted by molar-refractivity contribution is 0.331. The van der Waals surface area contributed by atoms with E-state index in [0.29, 0.717) is 22.6 Å². The molecule has 8 heterocycles. The Morgan fingerprint density at radius 3 is 1.60 bits per heavy atom. The van der Waals surface area contributed by atoms with Gasteiger partial charge in [0.1, 0.15) is 22.5 Å². The van der Waals surface area contributed by atoms with Gasteiger partial charge in [-0.05, 0) is 36.4 Å². The van der Waals surface area contributed by atoms with Crippen LogP contribution in [0.4, 0.5) is 17.5 Å². The first-order valence-electron chi connectivity index (χ1n) is 16.7. The molecule has 0 aliphatic heterocycles. The first-order valence-corrected chi connectivity index (χ1v) is 17.1. The highest BCUT2D eigenvalue weighted by Gasteiger charge is 2.20. The Morgan fingerprint density at radius 2 is 1.13 bits per heavy atom. The van der Waals surface area contributed by atoms with Gasteiger partial charge >= 0.3 is 0 Å². The molecular weight excluding hydrogens is 692 g/mol.